The molecule has 0 aromatic carbocycles. The molecule has 0 radical (unpaired) electrons. The van der Waals surface area contributed by atoms with Gasteiger partial charge in [-0.25, -0.2) is 4.98 Å². The maximum atomic E-state index is 12.0. The van der Waals surface area contributed by atoms with Crippen LogP contribution < -0.4 is 10.6 Å². The largest absolute Gasteiger partial charge is 0.348 e. The third-order valence-corrected chi connectivity index (χ3v) is 3.05. The van der Waals surface area contributed by atoms with Crippen molar-refractivity contribution in [1.82, 2.24) is 20.6 Å². The molecule has 1 aliphatic rings. The van der Waals surface area contributed by atoms with E-state index in [-0.39, 0.29) is 18.7 Å². The summed E-state index contributed by atoms with van der Waals surface area (Å²) in [6, 6.07) is -1.67. The summed E-state index contributed by atoms with van der Waals surface area (Å²) in [5, 5.41) is 7.99. The summed E-state index contributed by atoms with van der Waals surface area (Å²) in [5.74, 6) is -1.49. The number of carbonyl (C=O) groups excluding carboxylic acids is 3. The van der Waals surface area contributed by atoms with Crippen molar-refractivity contribution in [2.75, 3.05) is 0 Å². The zero-order chi connectivity index (χ0) is 15.2. The first-order valence-corrected chi connectivity index (χ1v) is 6.26. The summed E-state index contributed by atoms with van der Waals surface area (Å²) in [6.07, 6.45) is 3.69. The van der Waals surface area contributed by atoms with Gasteiger partial charge in [0.2, 0.25) is 17.7 Å². The van der Waals surface area contributed by atoms with Crippen LogP contribution in [0.3, 0.4) is 0 Å². The van der Waals surface area contributed by atoms with Gasteiger partial charge in [-0.05, 0) is 17.1 Å². The monoisotopic (exact) mass is 291 g/mol. The zero-order valence-electron chi connectivity index (χ0n) is 10.9. The fraction of sp³-hybridized carbons (Fsp3) is 0.455. The normalized spacial score (nSPS) is 18.5. The molecule has 1 aliphatic heterocycles. The summed E-state index contributed by atoms with van der Waals surface area (Å²) < 4.78 is 0. The van der Waals surface area contributed by atoms with E-state index in [0.717, 1.165) is 0 Å². The lowest BCUT2D eigenvalue weighted by Crippen LogP contribution is -2.49. The van der Waals surface area contributed by atoms with Gasteiger partial charge in [-0.1, -0.05) is 0 Å². The second kappa shape index (κ2) is 6.53. The SMILES string of the molecule is [N-]=[N+]=NC(=O)[C@H](Cc1cnc[nH]1)NC(=O)[C@@H]1CCC(=O)N1. The lowest BCUT2D eigenvalue weighted by molar-refractivity contribution is -0.129. The number of hydrogen-bond donors (Lipinski definition) is 3. The molecule has 21 heavy (non-hydrogen) atoms. The van der Waals surface area contributed by atoms with Crippen molar-refractivity contribution < 1.29 is 14.4 Å². The molecule has 3 N–H and O–H groups in total. The lowest BCUT2D eigenvalue weighted by atomic mass is 10.1. The standard InChI is InChI=1S/C11H13N7O3/c12-18-17-11(21)8(3-6-4-13-5-14-6)16-10(20)7-1-2-9(19)15-7/h4-5,7-8H,1-3H2,(H,13,14)(H,15,19)(H,16,20)/t7-,8-/m0/s1. The third-order valence-electron chi connectivity index (χ3n) is 3.05. The molecule has 0 spiro atoms. The number of rotatable bonds is 5. The predicted octanol–water partition coefficient (Wildman–Crippen LogP) is -0.447. The second-order valence-corrected chi connectivity index (χ2v) is 4.53. The van der Waals surface area contributed by atoms with Crippen molar-refractivity contribution in [3.63, 3.8) is 0 Å². The van der Waals surface area contributed by atoms with Gasteiger partial charge >= 0.3 is 0 Å². The summed E-state index contributed by atoms with van der Waals surface area (Å²) in [6.45, 7) is 0. The quantitative estimate of drug-likeness (QED) is 0.382. The summed E-state index contributed by atoms with van der Waals surface area (Å²) in [5.41, 5.74) is 8.95. The number of amides is 3. The molecule has 1 saturated heterocycles. The first kappa shape index (κ1) is 14.5. The Balaban J connectivity index is 2.04. The van der Waals surface area contributed by atoms with Gasteiger partial charge in [-0.3, -0.25) is 14.4 Å². The predicted molar refractivity (Wildman–Crippen MR) is 69.5 cm³/mol. The Bertz CT molecular complexity index is 591. The number of nitrogens with one attached hydrogen (secondary N) is 3. The maximum Gasteiger partial charge on any atom is 0.243 e. The Hall–Kier alpha value is -2.87. The van der Waals surface area contributed by atoms with Crippen molar-refractivity contribution in [2.24, 2.45) is 5.11 Å². The fourth-order valence-electron chi connectivity index (χ4n) is 2.01. The van der Waals surface area contributed by atoms with Crippen LogP contribution in [0.1, 0.15) is 18.5 Å². The molecule has 0 saturated carbocycles. The van der Waals surface area contributed by atoms with Crippen molar-refractivity contribution >= 4 is 17.7 Å². The van der Waals surface area contributed by atoms with E-state index >= 15 is 0 Å². The van der Waals surface area contributed by atoms with E-state index < -0.39 is 23.9 Å². The second-order valence-electron chi connectivity index (χ2n) is 4.53. The topological polar surface area (TPSA) is 153 Å². The summed E-state index contributed by atoms with van der Waals surface area (Å²) >= 11 is 0. The van der Waals surface area contributed by atoms with E-state index in [4.69, 9.17) is 5.53 Å². The van der Waals surface area contributed by atoms with Crippen molar-refractivity contribution in [1.29, 1.82) is 0 Å². The van der Waals surface area contributed by atoms with Gasteiger partial charge in [0, 0.05) is 29.6 Å². The maximum absolute atomic E-state index is 12.0. The van der Waals surface area contributed by atoms with E-state index in [1.54, 1.807) is 0 Å². The molecule has 1 aromatic rings. The highest BCUT2D eigenvalue weighted by Gasteiger charge is 2.30. The van der Waals surface area contributed by atoms with Crippen LogP contribution in [0.15, 0.2) is 17.6 Å². The Kier molecular flexibility index (Phi) is 4.52. The van der Waals surface area contributed by atoms with Gasteiger partial charge in [-0.2, -0.15) is 0 Å². The molecule has 3 amide bonds. The average Bonchev–Trinajstić information content (AvgIpc) is 3.09. The first-order chi connectivity index (χ1) is 10.1. The number of imidazole rings is 1. The van der Waals surface area contributed by atoms with E-state index in [1.165, 1.54) is 12.5 Å². The van der Waals surface area contributed by atoms with Crippen LogP contribution in [0.4, 0.5) is 0 Å². The number of aromatic amines is 1. The van der Waals surface area contributed by atoms with Gasteiger partial charge in [0.1, 0.15) is 6.04 Å². The van der Waals surface area contributed by atoms with Crippen LogP contribution in [0, 0.1) is 0 Å². The van der Waals surface area contributed by atoms with Crippen LogP contribution in [0.25, 0.3) is 10.4 Å². The van der Waals surface area contributed by atoms with Gasteiger partial charge < -0.3 is 15.6 Å². The molecule has 0 unspecified atom stereocenters. The number of H-pyrrole nitrogens is 1. The summed E-state index contributed by atoms with van der Waals surface area (Å²) in [4.78, 5) is 43.9. The molecule has 10 nitrogen and oxygen atoms in total. The summed E-state index contributed by atoms with van der Waals surface area (Å²) in [7, 11) is 0. The van der Waals surface area contributed by atoms with Crippen LogP contribution >= 0.6 is 0 Å². The van der Waals surface area contributed by atoms with Gasteiger partial charge in [-0.15, -0.1) is 0 Å². The number of nitrogens with zero attached hydrogens (tertiary/aromatic N) is 4. The third kappa shape index (κ3) is 3.80. The molecular weight excluding hydrogens is 278 g/mol. The first-order valence-electron chi connectivity index (χ1n) is 6.26. The van der Waals surface area contributed by atoms with E-state index in [9.17, 15) is 14.4 Å². The minimum atomic E-state index is -1.01. The number of aromatic nitrogens is 2. The molecule has 0 bridgehead atoms. The zero-order valence-corrected chi connectivity index (χ0v) is 10.9. The van der Waals surface area contributed by atoms with Gasteiger partial charge in [0.25, 0.3) is 0 Å². The van der Waals surface area contributed by atoms with Crippen molar-refractivity contribution in [3.05, 3.63) is 28.7 Å². The molecule has 110 valence electrons. The van der Waals surface area contributed by atoms with E-state index in [1.807, 2.05) is 0 Å². The fourth-order valence-corrected chi connectivity index (χ4v) is 2.01. The molecule has 2 atom stereocenters. The Morgan fingerprint density at radius 2 is 2.43 bits per heavy atom. The van der Waals surface area contributed by atoms with E-state index in [0.29, 0.717) is 12.1 Å². The average molecular weight is 291 g/mol. The van der Waals surface area contributed by atoms with Crippen LogP contribution in [-0.4, -0.2) is 39.8 Å². The Morgan fingerprint density at radius 1 is 1.62 bits per heavy atom. The highest BCUT2D eigenvalue weighted by atomic mass is 16.2. The van der Waals surface area contributed by atoms with Gasteiger partial charge in [0.15, 0.2) is 0 Å². The minimum Gasteiger partial charge on any atom is -0.348 e. The van der Waals surface area contributed by atoms with Crippen molar-refractivity contribution in [2.45, 2.75) is 31.3 Å². The van der Waals surface area contributed by atoms with Crippen LogP contribution in [0.5, 0.6) is 0 Å². The molecule has 2 heterocycles. The van der Waals surface area contributed by atoms with Crippen molar-refractivity contribution in [3.8, 4) is 0 Å². The minimum absolute atomic E-state index is 0.115. The molecule has 2 rings (SSSR count). The molecule has 1 aromatic heterocycles. The van der Waals surface area contributed by atoms with E-state index in [2.05, 4.69) is 30.6 Å². The molecular formula is C11H13N7O3. The lowest BCUT2D eigenvalue weighted by Gasteiger charge is -2.17. The molecule has 1 fully saturated rings. The van der Waals surface area contributed by atoms with Gasteiger partial charge in [0.05, 0.1) is 12.4 Å². The highest BCUT2D eigenvalue weighted by molar-refractivity contribution is 5.94. The number of carbonyl (C=O) groups is 3. The Morgan fingerprint density at radius 3 is 3.00 bits per heavy atom. The van der Waals surface area contributed by atoms with Crippen LogP contribution in [-0.2, 0) is 20.8 Å². The molecule has 10 heteroatoms. The van der Waals surface area contributed by atoms with Crippen LogP contribution in [0.2, 0.25) is 0 Å². The Labute approximate surface area is 118 Å². The number of azide groups is 1. The number of hydrogen-bond acceptors (Lipinski definition) is 4. The smallest absolute Gasteiger partial charge is 0.243 e. The highest BCUT2D eigenvalue weighted by Crippen LogP contribution is 2.08. The molecule has 0 aliphatic carbocycles.